The fourth-order valence-corrected chi connectivity index (χ4v) is 9.60. The zero-order valence-corrected chi connectivity index (χ0v) is 44.0. The van der Waals surface area contributed by atoms with Crippen LogP contribution in [0.4, 0.5) is 0 Å². The van der Waals surface area contributed by atoms with Crippen LogP contribution in [0.25, 0.3) is 0 Å². The summed E-state index contributed by atoms with van der Waals surface area (Å²) in [4.78, 5) is 0. The number of unbranched alkanes of at least 4 members (excludes halogenated alkanes) is 20. The van der Waals surface area contributed by atoms with Crippen LogP contribution in [0.5, 0.6) is 0 Å². The molecule has 0 aliphatic carbocycles. The lowest BCUT2D eigenvalue weighted by molar-refractivity contribution is -0.0157. The van der Waals surface area contributed by atoms with Crippen LogP contribution in [0.2, 0.25) is 12.6 Å². The minimum atomic E-state index is -2.35. The van der Waals surface area contributed by atoms with Gasteiger partial charge >= 0.3 is 8.56 Å². The summed E-state index contributed by atoms with van der Waals surface area (Å²) in [7, 11) is -2.35. The first-order valence-electron chi connectivity index (χ1n) is 26.3. The van der Waals surface area contributed by atoms with Gasteiger partial charge in [-0.3, -0.25) is 0 Å². The van der Waals surface area contributed by atoms with Crippen LogP contribution >= 0.6 is 12.6 Å². The second-order valence-corrected chi connectivity index (χ2v) is 20.6. The van der Waals surface area contributed by atoms with Crippen LogP contribution in [0, 0.1) is 0 Å². The van der Waals surface area contributed by atoms with Crippen LogP contribution in [0.15, 0.2) is 0 Å². The van der Waals surface area contributed by atoms with E-state index in [1.807, 2.05) is 0 Å². The van der Waals surface area contributed by atoms with Gasteiger partial charge in [0, 0.05) is 13.2 Å². The van der Waals surface area contributed by atoms with Crippen molar-refractivity contribution in [3.63, 3.8) is 0 Å². The highest BCUT2D eigenvalue weighted by Crippen LogP contribution is 2.17. The van der Waals surface area contributed by atoms with Crippen LogP contribution in [0.1, 0.15) is 162 Å². The molecule has 0 unspecified atom stereocenters. The van der Waals surface area contributed by atoms with E-state index in [1.165, 1.54) is 128 Å². The molecule has 0 aromatic carbocycles. The van der Waals surface area contributed by atoms with Gasteiger partial charge < -0.3 is 56.2 Å². The summed E-state index contributed by atoms with van der Waals surface area (Å²) in [5, 5.41) is 0. The Kier molecular flexibility index (Phi) is 57.5. The van der Waals surface area contributed by atoms with E-state index < -0.39 is 8.56 Å². The van der Waals surface area contributed by atoms with Crippen LogP contribution in [-0.2, 0) is 56.2 Å². The van der Waals surface area contributed by atoms with E-state index in [1.54, 1.807) is 0 Å². The zero-order valence-electron chi connectivity index (χ0n) is 42.1. The largest absolute Gasteiger partial charge is 0.392 e. The van der Waals surface area contributed by atoms with E-state index in [9.17, 15) is 0 Å². The predicted molar refractivity (Wildman–Crippen MR) is 268 cm³/mol. The Balaban J connectivity index is 3.44. The fraction of sp³-hybridized carbons (Fsp3) is 1.00. The molecule has 0 saturated carbocycles. The summed E-state index contributed by atoms with van der Waals surface area (Å²) in [6, 6.07) is 0.874. The van der Waals surface area contributed by atoms with E-state index >= 15 is 0 Å². The molecule has 0 atom stereocenters. The average Bonchev–Trinajstić information content (AvgIpc) is 3.30. The first-order valence-corrected chi connectivity index (χ1v) is 29.5. The van der Waals surface area contributed by atoms with Crippen molar-refractivity contribution >= 4 is 21.2 Å². The highest BCUT2D eigenvalue weighted by molar-refractivity contribution is 7.80. The molecule has 0 bridgehead atoms. The number of ether oxygens (including phenoxy) is 10. The number of hydrogen-bond donors (Lipinski definition) is 1. The van der Waals surface area contributed by atoms with Crippen LogP contribution < -0.4 is 0 Å². The highest BCUT2D eigenvalue weighted by Gasteiger charge is 2.30. The second-order valence-electron chi connectivity index (χ2n) is 16.9. The molecule has 386 valence electrons. The van der Waals surface area contributed by atoms with Crippen molar-refractivity contribution in [3.05, 3.63) is 0 Å². The Morgan fingerprint density at radius 2 is 0.453 bits per heavy atom. The first-order chi connectivity index (χ1) is 31.7. The molecule has 14 heteroatoms. The normalized spacial score (nSPS) is 12.0. The van der Waals surface area contributed by atoms with E-state index in [4.69, 9.17) is 56.2 Å². The molecule has 0 aromatic heterocycles. The predicted octanol–water partition coefficient (Wildman–Crippen LogP) is 11.2. The van der Waals surface area contributed by atoms with Crippen LogP contribution in [-0.4, -0.2) is 160 Å². The Labute approximate surface area is 401 Å². The molecule has 12 nitrogen and oxygen atoms in total. The zero-order chi connectivity index (χ0) is 46.2. The lowest BCUT2D eigenvalue weighted by Crippen LogP contribution is -2.40. The molecular weight excluding hydrogens is 853 g/mol. The standard InChI is InChI=1S/C50H104O12SSi/c1-4-6-8-10-12-14-16-18-20-22-24-27-51-29-31-53-33-35-55-37-39-57-41-43-59-45-47-61-64(3,50-26-49-63)62-48-46-60-44-42-58-40-38-56-36-34-54-32-30-52-28-25-23-21-19-17-15-13-11-9-7-5-2/h63H,4-50H2,1-3H3. The third kappa shape index (κ3) is 54.7. The van der Waals surface area contributed by atoms with Crippen molar-refractivity contribution in [1.29, 1.82) is 0 Å². The Morgan fingerprint density at radius 1 is 0.250 bits per heavy atom. The van der Waals surface area contributed by atoms with Gasteiger partial charge in [0.2, 0.25) is 0 Å². The van der Waals surface area contributed by atoms with Gasteiger partial charge in [-0.15, -0.1) is 0 Å². The van der Waals surface area contributed by atoms with Crippen molar-refractivity contribution in [3.8, 4) is 0 Å². The van der Waals surface area contributed by atoms with Gasteiger partial charge in [-0.05, 0) is 37.6 Å². The number of rotatable bonds is 59. The molecule has 0 aliphatic heterocycles. The molecule has 0 saturated heterocycles. The highest BCUT2D eigenvalue weighted by atomic mass is 32.1. The summed E-state index contributed by atoms with van der Waals surface area (Å²) in [5.74, 6) is 0.799. The van der Waals surface area contributed by atoms with Crippen molar-refractivity contribution in [2.45, 2.75) is 174 Å². The molecule has 0 radical (unpaired) electrons. The monoisotopic (exact) mass is 957 g/mol. The van der Waals surface area contributed by atoms with Crippen molar-refractivity contribution in [2.24, 2.45) is 0 Å². The molecule has 0 spiro atoms. The lowest BCUT2D eigenvalue weighted by Gasteiger charge is -2.27. The quantitative estimate of drug-likeness (QED) is 0.0356. The summed E-state index contributed by atoms with van der Waals surface area (Å²) >= 11 is 4.38. The SMILES string of the molecule is CCCCCCCCCCCCCOCCOCCOCCOCCOCCO[Si](C)(CCCS)OCCOCCOCCOCCOCCOCCCCCCCCCCCCC. The molecule has 0 heterocycles. The molecular formula is C50H104O12SSi. The Morgan fingerprint density at radius 3 is 0.688 bits per heavy atom. The maximum atomic E-state index is 6.21. The second kappa shape index (κ2) is 57.4. The van der Waals surface area contributed by atoms with Crippen molar-refractivity contribution < 1.29 is 56.2 Å². The Bertz CT molecular complexity index is 782. The molecule has 0 aliphatic rings. The molecule has 0 N–H and O–H groups in total. The smallest absolute Gasteiger partial charge is 0.335 e. The minimum Gasteiger partial charge on any atom is -0.392 e. The number of thiol groups is 1. The van der Waals surface area contributed by atoms with E-state index in [0.717, 1.165) is 44.3 Å². The summed E-state index contributed by atoms with van der Waals surface area (Å²) in [6.07, 6.45) is 30.7. The maximum Gasteiger partial charge on any atom is 0.335 e. The maximum absolute atomic E-state index is 6.21. The van der Waals surface area contributed by atoms with Gasteiger partial charge in [0.05, 0.1) is 132 Å². The summed E-state index contributed by atoms with van der Waals surface area (Å²) in [5.41, 5.74) is 0. The number of hydrogen-bond acceptors (Lipinski definition) is 13. The average molecular weight is 958 g/mol. The Hall–Kier alpha value is 0.0869. The molecule has 0 amide bonds. The topological polar surface area (TPSA) is 111 Å². The van der Waals surface area contributed by atoms with Crippen LogP contribution in [0.3, 0.4) is 0 Å². The first kappa shape index (κ1) is 64.1. The third-order valence-corrected chi connectivity index (χ3v) is 14.0. The third-order valence-electron chi connectivity index (χ3n) is 10.8. The summed E-state index contributed by atoms with van der Waals surface area (Å²) in [6.45, 7) is 19.2. The van der Waals surface area contributed by atoms with E-state index in [-0.39, 0.29) is 0 Å². The lowest BCUT2D eigenvalue weighted by atomic mass is 10.1. The van der Waals surface area contributed by atoms with Crippen molar-refractivity contribution in [1.82, 2.24) is 0 Å². The molecule has 0 fully saturated rings. The van der Waals surface area contributed by atoms with Gasteiger partial charge in [-0.1, -0.05) is 142 Å². The summed E-state index contributed by atoms with van der Waals surface area (Å²) < 4.78 is 68.9. The van der Waals surface area contributed by atoms with Gasteiger partial charge in [0.1, 0.15) is 0 Å². The minimum absolute atomic E-state index is 0.486. The van der Waals surface area contributed by atoms with E-state index in [2.05, 4.69) is 33.0 Å². The van der Waals surface area contributed by atoms with E-state index in [0.29, 0.717) is 132 Å². The van der Waals surface area contributed by atoms with Gasteiger partial charge in [-0.2, -0.15) is 12.6 Å². The molecule has 0 rings (SSSR count). The van der Waals surface area contributed by atoms with Gasteiger partial charge in [-0.25, -0.2) is 0 Å². The van der Waals surface area contributed by atoms with Gasteiger partial charge in [0.15, 0.2) is 0 Å². The molecule has 0 aromatic rings. The molecule has 64 heavy (non-hydrogen) atoms. The van der Waals surface area contributed by atoms with Gasteiger partial charge in [0.25, 0.3) is 0 Å². The fourth-order valence-electron chi connectivity index (χ4n) is 6.92. The van der Waals surface area contributed by atoms with Crippen molar-refractivity contribution in [2.75, 3.05) is 151 Å².